The van der Waals surface area contributed by atoms with Crippen molar-refractivity contribution in [2.75, 3.05) is 19.5 Å². The second kappa shape index (κ2) is 9.92. The molecule has 4 atom stereocenters. The number of methoxy groups -OCH3 is 2. The van der Waals surface area contributed by atoms with Crippen molar-refractivity contribution in [2.24, 2.45) is 17.8 Å². The van der Waals surface area contributed by atoms with E-state index in [2.05, 4.69) is 5.32 Å². The third-order valence-corrected chi connectivity index (χ3v) is 5.47. The van der Waals surface area contributed by atoms with Crippen molar-refractivity contribution in [3.8, 4) is 0 Å². The second-order valence-electron chi connectivity index (χ2n) is 7.16. The fourth-order valence-electron chi connectivity index (χ4n) is 4.06. The van der Waals surface area contributed by atoms with Gasteiger partial charge in [0.1, 0.15) is 0 Å². The molecule has 0 amide bonds. The van der Waals surface area contributed by atoms with Crippen molar-refractivity contribution in [1.82, 2.24) is 0 Å². The molecular weight excluding hydrogens is 366 g/mol. The highest BCUT2D eigenvalue weighted by atomic mass is 16.5. The topological polar surface area (TPSA) is 64.6 Å². The van der Waals surface area contributed by atoms with Gasteiger partial charge in [-0.3, -0.25) is 9.59 Å². The van der Waals surface area contributed by atoms with Gasteiger partial charge in [-0.2, -0.15) is 0 Å². The number of benzene rings is 2. The predicted molar refractivity (Wildman–Crippen MR) is 112 cm³/mol. The Balaban J connectivity index is 2.06. The number of allylic oxidation sites excluding steroid dienone is 2. The molecule has 0 bridgehead atoms. The van der Waals surface area contributed by atoms with E-state index >= 15 is 0 Å². The van der Waals surface area contributed by atoms with Crippen molar-refractivity contribution in [3.05, 3.63) is 78.4 Å². The van der Waals surface area contributed by atoms with Crippen LogP contribution in [0.2, 0.25) is 0 Å². The first kappa shape index (κ1) is 20.6. The Morgan fingerprint density at radius 2 is 1.62 bits per heavy atom. The van der Waals surface area contributed by atoms with Gasteiger partial charge in [0.15, 0.2) is 0 Å². The number of carbonyl (C=O) groups is 2. The lowest BCUT2D eigenvalue weighted by Gasteiger charge is -2.36. The van der Waals surface area contributed by atoms with Crippen LogP contribution in [0.3, 0.4) is 0 Å². The zero-order valence-electron chi connectivity index (χ0n) is 16.8. The Labute approximate surface area is 171 Å². The van der Waals surface area contributed by atoms with Crippen LogP contribution in [0.1, 0.15) is 24.4 Å². The molecule has 5 heteroatoms. The van der Waals surface area contributed by atoms with Gasteiger partial charge in [-0.25, -0.2) is 0 Å². The van der Waals surface area contributed by atoms with E-state index < -0.39 is 11.8 Å². The zero-order valence-corrected chi connectivity index (χ0v) is 16.8. The minimum atomic E-state index is -0.594. The Kier molecular flexibility index (Phi) is 7.06. The van der Waals surface area contributed by atoms with Crippen molar-refractivity contribution in [1.29, 1.82) is 0 Å². The van der Waals surface area contributed by atoms with Gasteiger partial charge < -0.3 is 14.8 Å². The minimum absolute atomic E-state index is 0.292. The standard InChI is InChI=1S/C24H27NO4/c1-28-23(26)20-16-10-9-15-19(20)21(24(27)29-2)22(17-11-5-3-6-12-17)25-18-13-7-4-8-14-18/h3-9,11-15,19-22,25H,10,16H2,1-2H3/t19-,20-,21+,22+/m0/s1. The number of para-hydroxylation sites is 1. The lowest BCUT2D eigenvalue weighted by Crippen LogP contribution is -2.40. The van der Waals surface area contributed by atoms with Crippen molar-refractivity contribution >= 4 is 17.6 Å². The van der Waals surface area contributed by atoms with Gasteiger partial charge in [-0.05, 0) is 30.5 Å². The maximum atomic E-state index is 13.0. The summed E-state index contributed by atoms with van der Waals surface area (Å²) >= 11 is 0. The van der Waals surface area contributed by atoms with Crippen molar-refractivity contribution < 1.29 is 19.1 Å². The van der Waals surface area contributed by atoms with Crippen LogP contribution >= 0.6 is 0 Å². The summed E-state index contributed by atoms with van der Waals surface area (Å²) in [5, 5.41) is 3.50. The van der Waals surface area contributed by atoms with E-state index in [1.54, 1.807) is 0 Å². The molecule has 29 heavy (non-hydrogen) atoms. The number of hydrogen-bond donors (Lipinski definition) is 1. The van der Waals surface area contributed by atoms with Crippen LogP contribution in [0.15, 0.2) is 72.8 Å². The average molecular weight is 393 g/mol. The van der Waals surface area contributed by atoms with E-state index in [0.717, 1.165) is 17.7 Å². The molecule has 0 aromatic heterocycles. The average Bonchev–Trinajstić information content (AvgIpc) is 2.79. The largest absolute Gasteiger partial charge is 0.469 e. The van der Waals surface area contributed by atoms with Crippen LogP contribution in [0, 0.1) is 17.8 Å². The van der Waals surface area contributed by atoms with Gasteiger partial charge in [0.05, 0.1) is 32.1 Å². The summed E-state index contributed by atoms with van der Waals surface area (Å²) in [5.41, 5.74) is 1.85. The van der Waals surface area contributed by atoms with Gasteiger partial charge in [0, 0.05) is 11.6 Å². The molecule has 3 rings (SSSR count). The summed E-state index contributed by atoms with van der Waals surface area (Å²) in [5.74, 6) is -1.96. The van der Waals surface area contributed by atoms with Gasteiger partial charge in [-0.1, -0.05) is 60.7 Å². The van der Waals surface area contributed by atoms with Gasteiger partial charge >= 0.3 is 11.9 Å². The van der Waals surface area contributed by atoms with Gasteiger partial charge in [0.2, 0.25) is 0 Å². The Bertz CT molecular complexity index is 834. The Morgan fingerprint density at radius 3 is 2.24 bits per heavy atom. The molecule has 0 spiro atoms. The van der Waals surface area contributed by atoms with E-state index in [0.29, 0.717) is 6.42 Å². The predicted octanol–water partition coefficient (Wildman–Crippen LogP) is 4.38. The van der Waals surface area contributed by atoms with Crippen LogP contribution < -0.4 is 5.32 Å². The molecule has 1 aliphatic carbocycles. The highest BCUT2D eigenvalue weighted by Crippen LogP contribution is 2.40. The Hall–Kier alpha value is -3.08. The molecule has 0 heterocycles. The van der Waals surface area contributed by atoms with E-state index in [-0.39, 0.29) is 23.9 Å². The minimum Gasteiger partial charge on any atom is -0.469 e. The molecule has 2 aromatic carbocycles. The molecule has 0 unspecified atom stereocenters. The summed E-state index contributed by atoms with van der Waals surface area (Å²) in [6.45, 7) is 0. The van der Waals surface area contributed by atoms with Crippen molar-refractivity contribution in [2.45, 2.75) is 18.9 Å². The van der Waals surface area contributed by atoms with Gasteiger partial charge in [0.25, 0.3) is 0 Å². The maximum Gasteiger partial charge on any atom is 0.311 e. The quantitative estimate of drug-likeness (QED) is 0.558. The molecule has 2 aromatic rings. The summed E-state index contributed by atoms with van der Waals surface area (Å²) in [4.78, 5) is 25.5. The molecular formula is C24H27NO4. The fraction of sp³-hybridized carbons (Fsp3) is 0.333. The smallest absolute Gasteiger partial charge is 0.311 e. The van der Waals surface area contributed by atoms with E-state index in [1.807, 2.05) is 72.8 Å². The maximum absolute atomic E-state index is 13.0. The Morgan fingerprint density at radius 1 is 0.966 bits per heavy atom. The first-order chi connectivity index (χ1) is 14.2. The van der Waals surface area contributed by atoms with Crippen LogP contribution in [-0.2, 0) is 19.1 Å². The monoisotopic (exact) mass is 393 g/mol. The number of nitrogens with one attached hydrogen (secondary N) is 1. The molecule has 1 N–H and O–H groups in total. The van der Waals surface area contributed by atoms with Crippen molar-refractivity contribution in [3.63, 3.8) is 0 Å². The lowest BCUT2D eigenvalue weighted by atomic mass is 9.72. The number of ether oxygens (including phenoxy) is 2. The SMILES string of the molecule is COC(=O)[C@H]([C@H]1C=CCC[C@@H]1C(=O)OC)[C@H](Nc1ccccc1)c1ccccc1. The molecule has 0 saturated heterocycles. The first-order valence-corrected chi connectivity index (χ1v) is 9.84. The van der Waals surface area contributed by atoms with E-state index in [1.165, 1.54) is 14.2 Å². The number of carbonyl (C=O) groups excluding carboxylic acids is 2. The summed E-state index contributed by atoms with van der Waals surface area (Å²) in [7, 11) is 2.78. The fourth-order valence-corrected chi connectivity index (χ4v) is 4.06. The van der Waals surface area contributed by atoms with Crippen LogP contribution in [0.25, 0.3) is 0 Å². The van der Waals surface area contributed by atoms with E-state index in [9.17, 15) is 9.59 Å². The van der Waals surface area contributed by atoms with E-state index in [4.69, 9.17) is 9.47 Å². The molecule has 0 fully saturated rings. The number of esters is 2. The normalized spacial score (nSPS) is 20.3. The molecule has 1 aliphatic rings. The molecule has 0 aliphatic heterocycles. The highest BCUT2D eigenvalue weighted by molar-refractivity contribution is 5.78. The number of anilines is 1. The molecule has 0 radical (unpaired) electrons. The summed E-state index contributed by atoms with van der Waals surface area (Å²) < 4.78 is 10.2. The lowest BCUT2D eigenvalue weighted by molar-refractivity contribution is -0.153. The second-order valence-corrected chi connectivity index (χ2v) is 7.16. The molecule has 152 valence electrons. The van der Waals surface area contributed by atoms with Crippen LogP contribution in [0.5, 0.6) is 0 Å². The van der Waals surface area contributed by atoms with Crippen LogP contribution in [-0.4, -0.2) is 26.2 Å². The summed E-state index contributed by atoms with van der Waals surface area (Å²) in [6.07, 6.45) is 5.43. The zero-order chi connectivity index (χ0) is 20.6. The third-order valence-electron chi connectivity index (χ3n) is 5.47. The molecule has 0 saturated carbocycles. The summed E-state index contributed by atoms with van der Waals surface area (Å²) in [6, 6.07) is 19.2. The number of hydrogen-bond acceptors (Lipinski definition) is 5. The highest BCUT2D eigenvalue weighted by Gasteiger charge is 2.43. The van der Waals surface area contributed by atoms with Crippen LogP contribution in [0.4, 0.5) is 5.69 Å². The van der Waals surface area contributed by atoms with Gasteiger partial charge in [-0.15, -0.1) is 0 Å². The third kappa shape index (κ3) is 4.86. The molecule has 5 nitrogen and oxygen atoms in total. The number of rotatable bonds is 7. The first-order valence-electron chi connectivity index (χ1n) is 9.84.